The minimum Gasteiger partial charge on any atom is -0.384 e. The molecule has 6 fully saturated rings. The Kier molecular flexibility index (Phi) is 10.5. The lowest BCUT2D eigenvalue weighted by atomic mass is 9.57. The number of carbonyl (C=O) groups excluding carboxylic acids is 5. The van der Waals surface area contributed by atoms with Crippen LogP contribution in [0, 0.1) is 17.3 Å². The molecule has 342 valence electrons. The number of alkyl halides is 2. The monoisotopic (exact) mass is 893 g/mol. The number of likely N-dealkylation sites (N-methyl/N-ethyl adjacent to an activating group) is 1. The lowest BCUT2D eigenvalue weighted by Crippen LogP contribution is -2.54. The number of hydrogen-bond donors (Lipinski definition) is 2. The fourth-order valence-corrected chi connectivity index (χ4v) is 11.9. The van der Waals surface area contributed by atoms with E-state index >= 15 is 0 Å². The van der Waals surface area contributed by atoms with Crippen molar-refractivity contribution in [3.05, 3.63) is 65.2 Å². The zero-order valence-corrected chi connectivity index (χ0v) is 36.3. The van der Waals surface area contributed by atoms with Gasteiger partial charge in [0, 0.05) is 51.2 Å². The van der Waals surface area contributed by atoms with Crippen molar-refractivity contribution >= 4 is 52.4 Å². The van der Waals surface area contributed by atoms with Gasteiger partial charge in [-0.25, -0.2) is 18.3 Å². The van der Waals surface area contributed by atoms with Crippen molar-refractivity contribution < 1.29 is 37.5 Å². The van der Waals surface area contributed by atoms with Crippen LogP contribution in [0.5, 0.6) is 0 Å². The summed E-state index contributed by atoms with van der Waals surface area (Å²) >= 11 is 0. The molecule has 2 aliphatic carbocycles. The van der Waals surface area contributed by atoms with E-state index in [-0.39, 0.29) is 53.8 Å². The van der Waals surface area contributed by atoms with Crippen LogP contribution < -0.4 is 15.5 Å². The number of anilines is 3. The van der Waals surface area contributed by atoms with Crippen molar-refractivity contribution in [2.24, 2.45) is 17.3 Å². The maximum absolute atomic E-state index is 14.3. The average molecular weight is 894 g/mol. The van der Waals surface area contributed by atoms with Gasteiger partial charge >= 0.3 is 0 Å². The number of rotatable bonds is 11. The van der Waals surface area contributed by atoms with Gasteiger partial charge in [-0.15, -0.1) is 0 Å². The van der Waals surface area contributed by atoms with Crippen LogP contribution in [0.3, 0.4) is 0 Å². The topological polar surface area (TPSA) is 180 Å². The van der Waals surface area contributed by atoms with Gasteiger partial charge in [-0.05, 0) is 113 Å². The van der Waals surface area contributed by atoms with E-state index in [2.05, 4.69) is 30.6 Å². The molecule has 0 radical (unpaired) electrons. The maximum Gasteiger partial charge on any atom is 0.284 e. The van der Waals surface area contributed by atoms with Gasteiger partial charge in [0.2, 0.25) is 5.91 Å². The van der Waals surface area contributed by atoms with Crippen molar-refractivity contribution in [2.75, 3.05) is 61.9 Å². The summed E-state index contributed by atoms with van der Waals surface area (Å²) in [5.41, 5.74) is 1.59. The molecule has 5 aliphatic heterocycles. The molecule has 1 aromatic carbocycles. The predicted molar refractivity (Wildman–Crippen MR) is 232 cm³/mol. The molecule has 3 atom stereocenters. The van der Waals surface area contributed by atoms with Crippen LogP contribution in [0.4, 0.5) is 26.0 Å². The van der Waals surface area contributed by atoms with Crippen LogP contribution in [0.15, 0.2) is 42.9 Å². The van der Waals surface area contributed by atoms with Gasteiger partial charge in [-0.1, -0.05) is 6.07 Å². The standard InChI is InChI=1S/C46H53F2N11O6/c1-54-37(60)10-9-35(44(54)63)59-43(62)31-3-2-4-33(38(31)45(59)64)49-20-27-18-46(19-27)12-15-55(16-13-46)22-26-5-7-28(8-6-26)58-24-34(39(53-58)40(47)48)51-42(61)32-21-50-57-14-11-36(52-41(32)57)56-23-30-17-29(56)25-65-30/h2-4,11,14,21,24,26-30,35,40,49H,5-10,12-13,15-20,22-23,25H2,1H3,(H,51,61)/t26?,28?,29-,30-,35?/m1/s1. The van der Waals surface area contributed by atoms with E-state index in [4.69, 9.17) is 9.72 Å². The van der Waals surface area contributed by atoms with Crippen LogP contribution in [-0.2, 0) is 14.3 Å². The number of amides is 5. The molecule has 17 nitrogen and oxygen atoms in total. The molecule has 2 bridgehead atoms. The summed E-state index contributed by atoms with van der Waals surface area (Å²) < 4.78 is 37.5. The highest BCUT2D eigenvalue weighted by Gasteiger charge is 2.49. The van der Waals surface area contributed by atoms with E-state index in [0.29, 0.717) is 47.3 Å². The first-order valence-electron chi connectivity index (χ1n) is 23.1. The van der Waals surface area contributed by atoms with E-state index < -0.39 is 41.8 Å². The van der Waals surface area contributed by atoms with E-state index in [0.717, 1.165) is 99.6 Å². The number of nitrogens with one attached hydrogen (secondary N) is 2. The molecule has 11 rings (SSSR count). The third-order valence-electron chi connectivity index (χ3n) is 15.5. The Bertz CT molecular complexity index is 2570. The summed E-state index contributed by atoms with van der Waals surface area (Å²) in [6.45, 7) is 5.16. The van der Waals surface area contributed by atoms with Crippen LogP contribution >= 0.6 is 0 Å². The van der Waals surface area contributed by atoms with Crippen LogP contribution in [-0.4, -0.2) is 133 Å². The lowest BCUT2D eigenvalue weighted by Gasteiger charge is -2.53. The molecular weight excluding hydrogens is 841 g/mol. The Morgan fingerprint density at radius 1 is 0.969 bits per heavy atom. The molecule has 1 unspecified atom stereocenters. The molecule has 65 heavy (non-hydrogen) atoms. The average Bonchev–Trinajstić information content (AvgIpc) is 4.15. The summed E-state index contributed by atoms with van der Waals surface area (Å²) in [6.07, 6.45) is 11.2. The number of morpholine rings is 1. The van der Waals surface area contributed by atoms with Crippen molar-refractivity contribution in [1.82, 2.24) is 39.1 Å². The largest absolute Gasteiger partial charge is 0.384 e. The molecule has 2 N–H and O–H groups in total. The highest BCUT2D eigenvalue weighted by molar-refractivity contribution is 6.25. The number of likely N-dealkylation sites (tertiary alicyclic amines) is 2. The number of piperidine rings is 2. The molecule has 8 heterocycles. The first kappa shape index (κ1) is 41.9. The lowest BCUT2D eigenvalue weighted by molar-refractivity contribution is -0.149. The summed E-state index contributed by atoms with van der Waals surface area (Å²) in [5, 5.41) is 14.8. The van der Waals surface area contributed by atoms with Gasteiger partial charge in [-0.2, -0.15) is 10.2 Å². The smallest absolute Gasteiger partial charge is 0.284 e. The first-order valence-corrected chi connectivity index (χ1v) is 23.1. The van der Waals surface area contributed by atoms with Crippen molar-refractivity contribution in [3.63, 3.8) is 0 Å². The second kappa shape index (κ2) is 16.3. The molecule has 3 aromatic heterocycles. The molecular formula is C46H53F2N11O6. The zero-order valence-electron chi connectivity index (χ0n) is 36.3. The van der Waals surface area contributed by atoms with Crippen molar-refractivity contribution in [2.45, 2.75) is 101 Å². The van der Waals surface area contributed by atoms with E-state index in [1.54, 1.807) is 29.2 Å². The van der Waals surface area contributed by atoms with Crippen molar-refractivity contribution in [1.29, 1.82) is 0 Å². The van der Waals surface area contributed by atoms with Crippen molar-refractivity contribution in [3.8, 4) is 0 Å². The number of carbonyl (C=O) groups is 5. The fourth-order valence-electron chi connectivity index (χ4n) is 11.9. The highest BCUT2D eigenvalue weighted by Crippen LogP contribution is 2.53. The van der Waals surface area contributed by atoms with Crippen LogP contribution in [0.25, 0.3) is 5.65 Å². The number of fused-ring (bicyclic) bond motifs is 4. The Labute approximate surface area is 373 Å². The Morgan fingerprint density at radius 2 is 1.77 bits per heavy atom. The summed E-state index contributed by atoms with van der Waals surface area (Å²) in [7, 11) is 1.39. The molecule has 2 saturated carbocycles. The molecule has 4 saturated heterocycles. The minimum atomic E-state index is -2.86. The number of ether oxygens (including phenoxy) is 1. The number of benzene rings is 1. The predicted octanol–water partition coefficient (Wildman–Crippen LogP) is 5.17. The fraction of sp³-hybridized carbons (Fsp3) is 0.565. The number of hydrogen-bond acceptors (Lipinski definition) is 12. The normalized spacial score (nSPS) is 26.8. The molecule has 7 aliphatic rings. The van der Waals surface area contributed by atoms with Gasteiger partial charge < -0.3 is 25.2 Å². The number of aromatic nitrogens is 5. The number of halogens is 2. The summed E-state index contributed by atoms with van der Waals surface area (Å²) in [6, 6.07) is 6.27. The second-order valence-electron chi connectivity index (χ2n) is 19.5. The van der Waals surface area contributed by atoms with Gasteiger partial charge in [0.15, 0.2) is 11.3 Å². The Hall–Kier alpha value is -5.82. The summed E-state index contributed by atoms with van der Waals surface area (Å²) in [4.78, 5) is 77.0. The zero-order chi connectivity index (χ0) is 44.7. The summed E-state index contributed by atoms with van der Waals surface area (Å²) in [5.74, 6) is -0.721. The van der Waals surface area contributed by atoms with Gasteiger partial charge in [0.05, 0.1) is 47.8 Å². The van der Waals surface area contributed by atoms with Crippen LogP contribution in [0.2, 0.25) is 0 Å². The second-order valence-corrected chi connectivity index (χ2v) is 19.5. The highest BCUT2D eigenvalue weighted by atomic mass is 19.3. The molecule has 1 spiro atoms. The molecule has 4 aromatic rings. The van der Waals surface area contributed by atoms with Gasteiger partial charge in [0.25, 0.3) is 30.1 Å². The number of imide groups is 2. The van der Waals surface area contributed by atoms with Gasteiger partial charge in [0.1, 0.15) is 17.4 Å². The molecule has 19 heteroatoms. The molecule has 5 amide bonds. The minimum absolute atomic E-state index is 0.00294. The van der Waals surface area contributed by atoms with E-state index in [9.17, 15) is 32.8 Å². The Morgan fingerprint density at radius 3 is 2.51 bits per heavy atom. The third kappa shape index (κ3) is 7.43. The first-order chi connectivity index (χ1) is 31.4. The quantitative estimate of drug-likeness (QED) is 0.189. The van der Waals surface area contributed by atoms with E-state index in [1.165, 1.54) is 17.8 Å². The third-order valence-corrected chi connectivity index (χ3v) is 15.5. The van der Waals surface area contributed by atoms with Crippen LogP contribution in [0.1, 0.15) is 120 Å². The maximum atomic E-state index is 14.3. The van der Waals surface area contributed by atoms with Gasteiger partial charge in [-0.3, -0.25) is 38.5 Å². The number of nitrogens with zero attached hydrogens (tertiary/aromatic N) is 9. The Balaban J connectivity index is 0.645. The van der Waals surface area contributed by atoms with E-state index in [1.807, 2.05) is 12.1 Å². The SMILES string of the molecule is CN1C(=O)CCC(N2C(=O)c3cccc(NCC4CC5(CCN(CC6CCC(n7cc(NC(=O)c8cnn9ccc(N%10C[C@H]%11C[C@@H]%10CO%11)nc89)c(C(F)F)n7)CC6)CC5)C4)c3C2=O)C1=O.